The van der Waals surface area contributed by atoms with Crippen LogP contribution >= 0.6 is 0 Å². The molecule has 0 bridgehead atoms. The number of aliphatic hydroxyl groups is 2. The van der Waals surface area contributed by atoms with Crippen LogP contribution in [-0.4, -0.2) is 42.4 Å². The summed E-state index contributed by atoms with van der Waals surface area (Å²) in [5.74, 6) is -0.285. The maximum absolute atomic E-state index is 11.7. The van der Waals surface area contributed by atoms with Gasteiger partial charge in [0.15, 0.2) is 6.10 Å². The highest BCUT2D eigenvalue weighted by Crippen LogP contribution is 2.38. The highest BCUT2D eigenvalue weighted by Gasteiger charge is 2.34. The fourth-order valence-electron chi connectivity index (χ4n) is 3.03. The number of fused-ring (bicyclic) bond motifs is 1. The molecular weight excluding hydrogens is 244 g/mol. The number of amides is 1. The Balaban J connectivity index is 1.97. The van der Waals surface area contributed by atoms with E-state index in [9.17, 15) is 15.0 Å². The van der Waals surface area contributed by atoms with Crippen LogP contribution in [0.25, 0.3) is 0 Å². The minimum Gasteiger partial charge on any atom is -0.394 e. The van der Waals surface area contributed by atoms with Gasteiger partial charge in [0.1, 0.15) is 0 Å². The first kappa shape index (κ1) is 12.4. The summed E-state index contributed by atoms with van der Waals surface area (Å²) in [5, 5.41) is 19.2. The maximum Gasteiger partial charge on any atom is 0.260 e. The molecule has 0 saturated carbocycles. The minimum absolute atomic E-state index is 0.147. The van der Waals surface area contributed by atoms with Crippen LogP contribution in [0, 0.1) is 0 Å². The number of hydrogen-bond donors (Lipinski definition) is 2. The SMILES string of the molecule is CN1C(=O)C(O)c2ccc(N3CCCC3CO)cc21. The average molecular weight is 262 g/mol. The molecule has 3 rings (SSSR count). The summed E-state index contributed by atoms with van der Waals surface area (Å²) in [6.45, 7) is 1.07. The Bertz CT molecular complexity index is 517. The molecule has 0 spiro atoms. The number of carbonyl (C=O) groups is 1. The van der Waals surface area contributed by atoms with Gasteiger partial charge in [0.2, 0.25) is 0 Å². The van der Waals surface area contributed by atoms with Crippen molar-refractivity contribution in [3.63, 3.8) is 0 Å². The minimum atomic E-state index is -1.04. The van der Waals surface area contributed by atoms with Gasteiger partial charge < -0.3 is 20.0 Å². The van der Waals surface area contributed by atoms with E-state index in [2.05, 4.69) is 4.90 Å². The molecule has 2 aliphatic rings. The zero-order valence-electron chi connectivity index (χ0n) is 10.9. The Morgan fingerprint density at radius 3 is 2.95 bits per heavy atom. The van der Waals surface area contributed by atoms with Gasteiger partial charge in [0, 0.05) is 24.8 Å². The van der Waals surface area contributed by atoms with E-state index in [0.29, 0.717) is 5.56 Å². The van der Waals surface area contributed by atoms with Crippen LogP contribution in [-0.2, 0) is 4.79 Å². The van der Waals surface area contributed by atoms with Crippen LogP contribution < -0.4 is 9.80 Å². The number of likely N-dealkylation sites (N-methyl/N-ethyl adjacent to an activating group) is 1. The van der Waals surface area contributed by atoms with E-state index in [-0.39, 0.29) is 18.6 Å². The molecule has 1 aromatic rings. The first-order valence-corrected chi connectivity index (χ1v) is 6.60. The Kier molecular flexibility index (Phi) is 2.95. The summed E-state index contributed by atoms with van der Waals surface area (Å²) in [6.07, 6.45) is 1.02. The Hall–Kier alpha value is -1.59. The summed E-state index contributed by atoms with van der Waals surface area (Å²) < 4.78 is 0. The molecule has 102 valence electrons. The molecule has 2 unspecified atom stereocenters. The van der Waals surface area contributed by atoms with Crippen molar-refractivity contribution < 1.29 is 15.0 Å². The van der Waals surface area contributed by atoms with Crippen LogP contribution in [0.2, 0.25) is 0 Å². The van der Waals surface area contributed by atoms with Crippen LogP contribution in [0.15, 0.2) is 18.2 Å². The van der Waals surface area contributed by atoms with E-state index in [0.717, 1.165) is 30.8 Å². The third kappa shape index (κ3) is 1.81. The van der Waals surface area contributed by atoms with Crippen LogP contribution in [0.5, 0.6) is 0 Å². The van der Waals surface area contributed by atoms with Crippen molar-refractivity contribution in [2.24, 2.45) is 0 Å². The molecule has 2 atom stereocenters. The van der Waals surface area contributed by atoms with Gasteiger partial charge in [-0.3, -0.25) is 4.79 Å². The molecular formula is C14H18N2O3. The predicted molar refractivity (Wildman–Crippen MR) is 72.3 cm³/mol. The summed E-state index contributed by atoms with van der Waals surface area (Å²) in [5.41, 5.74) is 2.43. The van der Waals surface area contributed by atoms with E-state index in [1.165, 1.54) is 4.90 Å². The molecule has 1 fully saturated rings. The second kappa shape index (κ2) is 4.51. The van der Waals surface area contributed by atoms with Crippen LogP contribution in [0.4, 0.5) is 11.4 Å². The number of hydrogen-bond acceptors (Lipinski definition) is 4. The van der Waals surface area contributed by atoms with Gasteiger partial charge >= 0.3 is 0 Å². The fourth-order valence-corrected chi connectivity index (χ4v) is 3.03. The van der Waals surface area contributed by atoms with Crippen LogP contribution in [0.3, 0.4) is 0 Å². The van der Waals surface area contributed by atoms with Crippen molar-refractivity contribution in [3.05, 3.63) is 23.8 Å². The number of aliphatic hydroxyl groups excluding tert-OH is 2. The highest BCUT2D eigenvalue weighted by molar-refractivity contribution is 6.03. The molecule has 0 radical (unpaired) electrons. The molecule has 19 heavy (non-hydrogen) atoms. The maximum atomic E-state index is 11.7. The van der Waals surface area contributed by atoms with Gasteiger partial charge in [-0.1, -0.05) is 6.07 Å². The zero-order valence-corrected chi connectivity index (χ0v) is 10.9. The van der Waals surface area contributed by atoms with Crippen molar-refractivity contribution >= 4 is 17.3 Å². The number of benzene rings is 1. The summed E-state index contributed by atoms with van der Waals surface area (Å²) in [4.78, 5) is 15.4. The van der Waals surface area contributed by atoms with Crippen molar-refractivity contribution in [1.82, 2.24) is 0 Å². The topological polar surface area (TPSA) is 64.0 Å². The van der Waals surface area contributed by atoms with Crippen molar-refractivity contribution in [2.45, 2.75) is 25.0 Å². The van der Waals surface area contributed by atoms with Gasteiger partial charge in [-0.2, -0.15) is 0 Å². The Morgan fingerprint density at radius 1 is 1.42 bits per heavy atom. The second-order valence-electron chi connectivity index (χ2n) is 5.21. The Labute approximate surface area is 112 Å². The molecule has 2 N–H and O–H groups in total. The standard InChI is InChI=1S/C14H18N2O3/c1-15-12-7-9(16-6-2-3-10(16)8-17)4-5-11(12)13(18)14(15)19/h4-5,7,10,13,17-18H,2-3,6,8H2,1H3. The first-order chi connectivity index (χ1) is 9.13. The monoisotopic (exact) mass is 262 g/mol. The second-order valence-corrected chi connectivity index (χ2v) is 5.21. The van der Waals surface area contributed by atoms with Crippen LogP contribution in [0.1, 0.15) is 24.5 Å². The average Bonchev–Trinajstić information content (AvgIpc) is 2.99. The predicted octanol–water partition coefficient (Wildman–Crippen LogP) is 0.657. The quantitative estimate of drug-likeness (QED) is 0.821. The molecule has 5 nitrogen and oxygen atoms in total. The van der Waals surface area contributed by atoms with Crippen molar-refractivity contribution in [3.8, 4) is 0 Å². The summed E-state index contributed by atoms with van der Waals surface area (Å²) >= 11 is 0. The van der Waals surface area contributed by atoms with Gasteiger partial charge in [-0.05, 0) is 25.0 Å². The lowest BCUT2D eigenvalue weighted by Crippen LogP contribution is -2.32. The Morgan fingerprint density at radius 2 is 2.21 bits per heavy atom. The third-order valence-electron chi connectivity index (χ3n) is 4.15. The summed E-state index contributed by atoms with van der Waals surface area (Å²) in [7, 11) is 1.68. The molecule has 2 aliphatic heterocycles. The lowest BCUT2D eigenvalue weighted by Gasteiger charge is -2.26. The van der Waals surface area contributed by atoms with Gasteiger partial charge in [-0.25, -0.2) is 0 Å². The number of carbonyl (C=O) groups excluding carboxylic acids is 1. The number of anilines is 2. The zero-order chi connectivity index (χ0) is 13.6. The van der Waals surface area contributed by atoms with Crippen molar-refractivity contribution in [2.75, 3.05) is 30.0 Å². The number of rotatable bonds is 2. The third-order valence-corrected chi connectivity index (χ3v) is 4.15. The smallest absolute Gasteiger partial charge is 0.260 e. The van der Waals surface area contributed by atoms with Gasteiger partial charge in [0.25, 0.3) is 5.91 Å². The lowest BCUT2D eigenvalue weighted by molar-refractivity contribution is -0.125. The molecule has 2 heterocycles. The fraction of sp³-hybridized carbons (Fsp3) is 0.500. The molecule has 5 heteroatoms. The molecule has 1 amide bonds. The number of nitrogens with zero attached hydrogens (tertiary/aromatic N) is 2. The first-order valence-electron chi connectivity index (χ1n) is 6.60. The van der Waals surface area contributed by atoms with Crippen molar-refractivity contribution in [1.29, 1.82) is 0 Å². The molecule has 0 aliphatic carbocycles. The molecule has 1 saturated heterocycles. The molecule has 1 aromatic carbocycles. The van der Waals surface area contributed by atoms with E-state index >= 15 is 0 Å². The largest absolute Gasteiger partial charge is 0.394 e. The van der Waals surface area contributed by atoms with E-state index in [1.807, 2.05) is 18.2 Å². The lowest BCUT2D eigenvalue weighted by atomic mass is 10.1. The molecule has 0 aromatic heterocycles. The van der Waals surface area contributed by atoms with E-state index < -0.39 is 6.10 Å². The van der Waals surface area contributed by atoms with Gasteiger partial charge in [-0.15, -0.1) is 0 Å². The normalized spacial score (nSPS) is 26.2. The van der Waals surface area contributed by atoms with E-state index in [4.69, 9.17) is 0 Å². The van der Waals surface area contributed by atoms with Gasteiger partial charge in [0.05, 0.1) is 18.3 Å². The van der Waals surface area contributed by atoms with E-state index in [1.54, 1.807) is 7.05 Å². The summed E-state index contributed by atoms with van der Waals surface area (Å²) in [6, 6.07) is 5.81. The highest BCUT2D eigenvalue weighted by atomic mass is 16.3.